The standard InChI is InChI=1S/C14H9Cl2N3O4/c15-9-2-1-8(12(16)5-9)7-17-18-14(21)11-6-10(19(22)23)3-4-13(11)20/h1-7,20H,(H,18,21)/b17-7+. The number of phenolic OH excluding ortho intramolecular Hbond substituents is 1. The molecular formula is C14H9Cl2N3O4. The predicted molar refractivity (Wildman–Crippen MR) is 86.3 cm³/mol. The zero-order chi connectivity index (χ0) is 17.0. The van der Waals surface area contributed by atoms with Crippen LogP contribution in [0.25, 0.3) is 0 Å². The number of non-ortho nitro benzene ring substituents is 1. The van der Waals surface area contributed by atoms with Crippen LogP contribution in [-0.4, -0.2) is 22.2 Å². The molecule has 0 aliphatic rings. The van der Waals surface area contributed by atoms with Crippen LogP contribution in [0.2, 0.25) is 10.0 Å². The molecule has 23 heavy (non-hydrogen) atoms. The number of hydrazone groups is 1. The number of benzene rings is 2. The first-order valence-electron chi connectivity index (χ1n) is 6.14. The highest BCUT2D eigenvalue weighted by molar-refractivity contribution is 6.36. The molecule has 0 fully saturated rings. The molecule has 7 nitrogen and oxygen atoms in total. The first-order chi connectivity index (χ1) is 10.9. The average molecular weight is 354 g/mol. The van der Waals surface area contributed by atoms with Crippen LogP contribution in [0.1, 0.15) is 15.9 Å². The maximum atomic E-state index is 11.9. The number of hydrogen-bond donors (Lipinski definition) is 2. The van der Waals surface area contributed by atoms with Crippen LogP contribution in [-0.2, 0) is 0 Å². The Hall–Kier alpha value is -2.64. The molecule has 2 N–H and O–H groups in total. The molecule has 2 aromatic rings. The van der Waals surface area contributed by atoms with Gasteiger partial charge in [0.05, 0.1) is 21.7 Å². The third kappa shape index (κ3) is 4.18. The fourth-order valence-corrected chi connectivity index (χ4v) is 2.10. The molecule has 0 saturated heterocycles. The molecule has 0 radical (unpaired) electrons. The molecule has 2 aromatic carbocycles. The van der Waals surface area contributed by atoms with Crippen molar-refractivity contribution in [1.82, 2.24) is 5.43 Å². The summed E-state index contributed by atoms with van der Waals surface area (Å²) in [6.07, 6.45) is 1.28. The second kappa shape index (κ2) is 7.08. The zero-order valence-electron chi connectivity index (χ0n) is 11.4. The largest absolute Gasteiger partial charge is 0.507 e. The Labute approximate surface area is 140 Å². The van der Waals surface area contributed by atoms with Crippen LogP contribution >= 0.6 is 23.2 Å². The Balaban J connectivity index is 2.15. The van der Waals surface area contributed by atoms with Gasteiger partial charge < -0.3 is 5.11 Å². The summed E-state index contributed by atoms with van der Waals surface area (Å²) in [6, 6.07) is 7.82. The van der Waals surface area contributed by atoms with Crippen LogP contribution in [0.4, 0.5) is 5.69 Å². The van der Waals surface area contributed by atoms with Crippen LogP contribution in [0.15, 0.2) is 41.5 Å². The number of amides is 1. The van der Waals surface area contributed by atoms with Crippen molar-refractivity contribution in [1.29, 1.82) is 0 Å². The van der Waals surface area contributed by atoms with Crippen molar-refractivity contribution in [3.8, 4) is 5.75 Å². The van der Waals surface area contributed by atoms with Gasteiger partial charge in [-0.15, -0.1) is 0 Å². The smallest absolute Gasteiger partial charge is 0.275 e. The van der Waals surface area contributed by atoms with Gasteiger partial charge in [-0.2, -0.15) is 5.10 Å². The van der Waals surface area contributed by atoms with Gasteiger partial charge in [-0.25, -0.2) is 5.43 Å². The highest BCUT2D eigenvalue weighted by atomic mass is 35.5. The summed E-state index contributed by atoms with van der Waals surface area (Å²) in [5.74, 6) is -1.19. The fourth-order valence-electron chi connectivity index (χ4n) is 1.65. The molecule has 118 valence electrons. The minimum atomic E-state index is -0.799. The molecule has 0 atom stereocenters. The molecular weight excluding hydrogens is 345 g/mol. The normalized spacial score (nSPS) is 10.7. The van der Waals surface area contributed by atoms with E-state index in [9.17, 15) is 20.0 Å². The first kappa shape index (κ1) is 16.7. The molecule has 0 aromatic heterocycles. The van der Waals surface area contributed by atoms with E-state index in [2.05, 4.69) is 10.5 Å². The van der Waals surface area contributed by atoms with E-state index in [1.165, 1.54) is 12.3 Å². The molecule has 0 saturated carbocycles. The quantitative estimate of drug-likeness (QED) is 0.499. The van der Waals surface area contributed by atoms with Gasteiger partial charge in [0.1, 0.15) is 5.75 Å². The molecule has 0 spiro atoms. The summed E-state index contributed by atoms with van der Waals surface area (Å²) in [5, 5.41) is 24.8. The lowest BCUT2D eigenvalue weighted by molar-refractivity contribution is -0.384. The van der Waals surface area contributed by atoms with Gasteiger partial charge in [0.25, 0.3) is 11.6 Å². The maximum absolute atomic E-state index is 11.9. The SMILES string of the molecule is O=C(N/N=C/c1ccc(Cl)cc1Cl)c1cc([N+](=O)[O-])ccc1O. The third-order valence-electron chi connectivity index (χ3n) is 2.77. The summed E-state index contributed by atoms with van der Waals surface area (Å²) >= 11 is 11.7. The molecule has 0 aliphatic heterocycles. The molecule has 9 heteroatoms. The lowest BCUT2D eigenvalue weighted by Crippen LogP contribution is -2.18. The van der Waals surface area contributed by atoms with Crippen LogP contribution in [0.3, 0.4) is 0 Å². The zero-order valence-corrected chi connectivity index (χ0v) is 12.9. The van der Waals surface area contributed by atoms with Gasteiger partial charge >= 0.3 is 0 Å². The van der Waals surface area contributed by atoms with Crippen molar-refractivity contribution in [2.24, 2.45) is 5.10 Å². The molecule has 1 amide bonds. The summed E-state index contributed by atoms with van der Waals surface area (Å²) in [4.78, 5) is 21.9. The monoisotopic (exact) mass is 353 g/mol. The van der Waals surface area contributed by atoms with Gasteiger partial charge in [-0.3, -0.25) is 14.9 Å². The number of aromatic hydroxyl groups is 1. The van der Waals surface area contributed by atoms with Gasteiger partial charge in [0.2, 0.25) is 0 Å². The highest BCUT2D eigenvalue weighted by Gasteiger charge is 2.16. The Morgan fingerprint density at radius 1 is 1.26 bits per heavy atom. The van der Waals surface area contributed by atoms with Crippen molar-refractivity contribution in [3.05, 3.63) is 67.7 Å². The van der Waals surface area contributed by atoms with E-state index in [4.69, 9.17) is 23.2 Å². The van der Waals surface area contributed by atoms with Crippen LogP contribution in [0.5, 0.6) is 5.75 Å². The number of nitro groups is 1. The Morgan fingerprint density at radius 2 is 2.00 bits per heavy atom. The second-order valence-corrected chi connectivity index (χ2v) is 5.17. The van der Waals surface area contributed by atoms with Gasteiger partial charge in [-0.05, 0) is 18.2 Å². The van der Waals surface area contributed by atoms with Crippen LogP contribution in [0, 0.1) is 10.1 Å². The topological polar surface area (TPSA) is 105 Å². The highest BCUT2D eigenvalue weighted by Crippen LogP contribution is 2.23. The van der Waals surface area contributed by atoms with Gasteiger partial charge in [0.15, 0.2) is 0 Å². The number of nitro benzene ring substituents is 1. The first-order valence-corrected chi connectivity index (χ1v) is 6.90. The van der Waals surface area contributed by atoms with Crippen molar-refractivity contribution in [3.63, 3.8) is 0 Å². The maximum Gasteiger partial charge on any atom is 0.275 e. The predicted octanol–water partition coefficient (Wildman–Crippen LogP) is 3.37. The summed E-state index contributed by atoms with van der Waals surface area (Å²) in [5.41, 5.74) is 2.08. The fraction of sp³-hybridized carbons (Fsp3) is 0. The second-order valence-electron chi connectivity index (χ2n) is 4.32. The van der Waals surface area contributed by atoms with Crippen molar-refractivity contribution < 1.29 is 14.8 Å². The Kier molecular flexibility index (Phi) is 5.15. The molecule has 0 heterocycles. The average Bonchev–Trinajstić information content (AvgIpc) is 2.49. The number of phenols is 1. The number of rotatable bonds is 4. The minimum Gasteiger partial charge on any atom is -0.507 e. The van der Waals surface area contributed by atoms with Crippen molar-refractivity contribution >= 4 is 41.0 Å². The van der Waals surface area contributed by atoms with Crippen LogP contribution < -0.4 is 5.43 Å². The Morgan fingerprint density at radius 3 is 2.65 bits per heavy atom. The number of carbonyl (C=O) groups is 1. The van der Waals surface area contributed by atoms with E-state index in [1.54, 1.807) is 12.1 Å². The minimum absolute atomic E-state index is 0.265. The van der Waals surface area contributed by atoms with E-state index >= 15 is 0 Å². The number of halogens is 2. The van der Waals surface area contributed by atoms with E-state index in [0.29, 0.717) is 15.6 Å². The lowest BCUT2D eigenvalue weighted by atomic mass is 10.1. The third-order valence-corrected chi connectivity index (χ3v) is 3.33. The molecule has 2 rings (SSSR count). The number of carbonyl (C=O) groups excluding carboxylic acids is 1. The molecule has 0 aliphatic carbocycles. The van der Waals surface area contributed by atoms with E-state index < -0.39 is 16.6 Å². The van der Waals surface area contributed by atoms with E-state index in [0.717, 1.165) is 18.2 Å². The number of hydrogen-bond acceptors (Lipinski definition) is 5. The van der Waals surface area contributed by atoms with E-state index in [-0.39, 0.29) is 11.3 Å². The molecule has 0 bridgehead atoms. The lowest BCUT2D eigenvalue weighted by Gasteiger charge is -2.03. The van der Waals surface area contributed by atoms with Gasteiger partial charge in [-0.1, -0.05) is 29.3 Å². The number of nitrogens with one attached hydrogen (secondary N) is 1. The summed E-state index contributed by atoms with van der Waals surface area (Å²) in [7, 11) is 0. The van der Waals surface area contributed by atoms with Crippen molar-refractivity contribution in [2.45, 2.75) is 0 Å². The number of nitrogens with zero attached hydrogens (tertiary/aromatic N) is 2. The Bertz CT molecular complexity index is 809. The van der Waals surface area contributed by atoms with Crippen molar-refractivity contribution in [2.75, 3.05) is 0 Å². The van der Waals surface area contributed by atoms with Gasteiger partial charge in [0, 0.05) is 22.7 Å². The summed E-state index contributed by atoms with van der Waals surface area (Å²) < 4.78 is 0. The van der Waals surface area contributed by atoms with E-state index in [1.807, 2.05) is 0 Å². The summed E-state index contributed by atoms with van der Waals surface area (Å²) in [6.45, 7) is 0. The molecule has 0 unspecified atom stereocenters.